The van der Waals surface area contributed by atoms with E-state index < -0.39 is 5.60 Å². The van der Waals surface area contributed by atoms with E-state index >= 15 is 0 Å². The van der Waals surface area contributed by atoms with Crippen LogP contribution in [0.15, 0.2) is 42.5 Å². The first-order chi connectivity index (χ1) is 16.2. The first kappa shape index (κ1) is 23.9. The molecule has 0 spiro atoms. The van der Waals surface area contributed by atoms with Crippen LogP contribution in [0.4, 0.5) is 16.2 Å². The zero-order valence-corrected chi connectivity index (χ0v) is 20.5. The van der Waals surface area contributed by atoms with Gasteiger partial charge in [-0.05, 0) is 70.5 Å². The fourth-order valence-corrected chi connectivity index (χ4v) is 4.44. The molecule has 0 aromatic heterocycles. The number of benzene rings is 2. The lowest BCUT2D eigenvalue weighted by Gasteiger charge is -2.33. The smallest absolute Gasteiger partial charge is 0.410 e. The van der Waals surface area contributed by atoms with Crippen molar-refractivity contribution < 1.29 is 23.8 Å². The molecular weight excluding hydrogens is 432 g/mol. The number of rotatable bonds is 5. The van der Waals surface area contributed by atoms with Gasteiger partial charge in [-0.1, -0.05) is 6.07 Å². The average molecular weight is 467 g/mol. The van der Waals surface area contributed by atoms with Crippen LogP contribution in [0.25, 0.3) is 0 Å². The van der Waals surface area contributed by atoms with Crippen LogP contribution in [0, 0.1) is 0 Å². The molecule has 4 rings (SSSR count). The van der Waals surface area contributed by atoms with Gasteiger partial charge in [0, 0.05) is 49.4 Å². The van der Waals surface area contributed by atoms with Gasteiger partial charge in [-0.2, -0.15) is 0 Å². The average Bonchev–Trinajstić information content (AvgIpc) is 3.24. The molecule has 0 bridgehead atoms. The zero-order chi connectivity index (χ0) is 24.3. The third kappa shape index (κ3) is 5.46. The van der Waals surface area contributed by atoms with Gasteiger partial charge in [-0.3, -0.25) is 0 Å². The number of carbonyl (C=O) groups excluding carboxylic acids is 2. The SMILES string of the molecule is CCOC(=O)c1ccc(N2CCc3c(OC4CCN(C(=O)OC(C)(C)C)CC4)cccc32)cc1. The van der Waals surface area contributed by atoms with Gasteiger partial charge < -0.3 is 24.0 Å². The molecule has 34 heavy (non-hydrogen) atoms. The van der Waals surface area contributed by atoms with Crippen molar-refractivity contribution in [3.05, 3.63) is 53.6 Å². The van der Waals surface area contributed by atoms with Gasteiger partial charge in [0.15, 0.2) is 0 Å². The zero-order valence-electron chi connectivity index (χ0n) is 20.5. The molecule has 0 saturated carbocycles. The fraction of sp³-hybridized carbons (Fsp3) is 0.481. The number of likely N-dealkylation sites (tertiary alicyclic amines) is 1. The number of ether oxygens (including phenoxy) is 3. The van der Waals surface area contributed by atoms with Crippen LogP contribution in [-0.2, 0) is 15.9 Å². The lowest BCUT2D eigenvalue weighted by Crippen LogP contribution is -2.44. The highest BCUT2D eigenvalue weighted by Gasteiger charge is 2.29. The fourth-order valence-electron chi connectivity index (χ4n) is 4.44. The maximum Gasteiger partial charge on any atom is 0.410 e. The first-order valence-electron chi connectivity index (χ1n) is 12.1. The molecule has 0 N–H and O–H groups in total. The number of fused-ring (bicyclic) bond motifs is 1. The largest absolute Gasteiger partial charge is 0.490 e. The Labute approximate surface area is 201 Å². The lowest BCUT2D eigenvalue weighted by atomic mass is 10.1. The van der Waals surface area contributed by atoms with Gasteiger partial charge in [-0.15, -0.1) is 0 Å². The minimum absolute atomic E-state index is 0.0723. The number of amides is 1. The number of nitrogens with zero attached hydrogens (tertiary/aromatic N) is 2. The second-order valence-corrected chi connectivity index (χ2v) is 9.71. The summed E-state index contributed by atoms with van der Waals surface area (Å²) < 4.78 is 17.0. The molecular formula is C27H34N2O5. The van der Waals surface area contributed by atoms with Crippen LogP contribution in [-0.4, -0.2) is 54.9 Å². The van der Waals surface area contributed by atoms with Crippen molar-refractivity contribution in [3.63, 3.8) is 0 Å². The molecule has 7 heteroatoms. The molecule has 2 aromatic carbocycles. The summed E-state index contributed by atoms with van der Waals surface area (Å²) in [5.74, 6) is 0.614. The molecule has 182 valence electrons. The second kappa shape index (κ2) is 9.95. The van der Waals surface area contributed by atoms with Gasteiger partial charge in [0.2, 0.25) is 0 Å². The Bertz CT molecular complexity index is 1020. The van der Waals surface area contributed by atoms with Crippen molar-refractivity contribution in [1.82, 2.24) is 4.90 Å². The van der Waals surface area contributed by atoms with Gasteiger partial charge in [0.1, 0.15) is 17.5 Å². The standard InChI is InChI=1S/C27H34N2O5/c1-5-32-25(30)19-9-11-20(12-10-19)29-18-15-22-23(29)7-6-8-24(22)33-21-13-16-28(17-14-21)26(31)34-27(2,3)4/h6-12,21H,5,13-18H2,1-4H3. The van der Waals surface area contributed by atoms with Gasteiger partial charge in [-0.25, -0.2) is 9.59 Å². The molecule has 1 amide bonds. The number of piperidine rings is 1. The van der Waals surface area contributed by atoms with Crippen molar-refractivity contribution in [2.75, 3.05) is 31.1 Å². The van der Waals surface area contributed by atoms with Crippen LogP contribution in [0.1, 0.15) is 56.5 Å². The second-order valence-electron chi connectivity index (χ2n) is 9.71. The highest BCUT2D eigenvalue weighted by molar-refractivity contribution is 5.90. The molecule has 2 aromatic rings. The number of anilines is 2. The molecule has 1 fully saturated rings. The summed E-state index contributed by atoms with van der Waals surface area (Å²) in [5, 5.41) is 0. The number of hydrogen-bond acceptors (Lipinski definition) is 6. The number of hydrogen-bond donors (Lipinski definition) is 0. The van der Waals surface area contributed by atoms with Gasteiger partial charge in [0.25, 0.3) is 0 Å². The summed E-state index contributed by atoms with van der Waals surface area (Å²) >= 11 is 0. The van der Waals surface area contributed by atoms with Crippen molar-refractivity contribution in [1.29, 1.82) is 0 Å². The third-order valence-corrected chi connectivity index (χ3v) is 6.06. The van der Waals surface area contributed by atoms with Crippen LogP contribution >= 0.6 is 0 Å². The Balaban J connectivity index is 1.40. The molecule has 2 aliphatic rings. The molecule has 0 radical (unpaired) electrons. The van der Waals surface area contributed by atoms with Crippen molar-refractivity contribution >= 4 is 23.4 Å². The predicted octanol–water partition coefficient (Wildman–Crippen LogP) is 5.34. The van der Waals surface area contributed by atoms with E-state index in [9.17, 15) is 9.59 Å². The third-order valence-electron chi connectivity index (χ3n) is 6.06. The number of esters is 1. The Hall–Kier alpha value is -3.22. The van der Waals surface area contributed by atoms with Crippen LogP contribution in [0.3, 0.4) is 0 Å². The highest BCUT2D eigenvalue weighted by Crippen LogP contribution is 2.40. The summed E-state index contributed by atoms with van der Waals surface area (Å²) in [5.41, 5.74) is 3.44. The van der Waals surface area contributed by atoms with E-state index in [2.05, 4.69) is 11.0 Å². The van der Waals surface area contributed by atoms with Gasteiger partial charge in [0.05, 0.1) is 12.2 Å². The first-order valence-corrected chi connectivity index (χ1v) is 12.1. The normalized spacial score (nSPS) is 16.2. The van der Waals surface area contributed by atoms with Crippen molar-refractivity contribution in [3.8, 4) is 5.75 Å². The lowest BCUT2D eigenvalue weighted by molar-refractivity contribution is 0.0126. The minimum Gasteiger partial charge on any atom is -0.490 e. The van der Waals surface area contributed by atoms with E-state index in [0.29, 0.717) is 25.3 Å². The topological polar surface area (TPSA) is 68.3 Å². The summed E-state index contributed by atoms with van der Waals surface area (Å²) in [6, 6.07) is 13.7. The Kier molecular flexibility index (Phi) is 7.00. The molecule has 0 atom stereocenters. The molecule has 2 aliphatic heterocycles. The maximum atomic E-state index is 12.3. The Morgan fingerprint density at radius 3 is 2.35 bits per heavy atom. The minimum atomic E-state index is -0.486. The van der Waals surface area contributed by atoms with E-state index in [-0.39, 0.29) is 18.2 Å². The molecule has 7 nitrogen and oxygen atoms in total. The van der Waals surface area contributed by atoms with E-state index in [1.54, 1.807) is 11.8 Å². The highest BCUT2D eigenvalue weighted by atomic mass is 16.6. The summed E-state index contributed by atoms with van der Waals surface area (Å²) in [7, 11) is 0. The predicted molar refractivity (Wildman–Crippen MR) is 131 cm³/mol. The summed E-state index contributed by atoms with van der Waals surface area (Å²) in [4.78, 5) is 28.3. The monoisotopic (exact) mass is 466 g/mol. The number of carbonyl (C=O) groups is 2. The van der Waals surface area contributed by atoms with E-state index in [1.807, 2.05) is 57.2 Å². The summed E-state index contributed by atoms with van der Waals surface area (Å²) in [6.07, 6.45) is 2.27. The van der Waals surface area contributed by atoms with Crippen LogP contribution < -0.4 is 9.64 Å². The Morgan fingerprint density at radius 2 is 1.71 bits per heavy atom. The molecule has 1 saturated heterocycles. The Morgan fingerprint density at radius 1 is 1.00 bits per heavy atom. The van der Waals surface area contributed by atoms with E-state index in [0.717, 1.165) is 42.9 Å². The molecule has 0 unspecified atom stereocenters. The van der Waals surface area contributed by atoms with Crippen molar-refractivity contribution in [2.24, 2.45) is 0 Å². The van der Waals surface area contributed by atoms with E-state index in [4.69, 9.17) is 14.2 Å². The maximum absolute atomic E-state index is 12.3. The van der Waals surface area contributed by atoms with Gasteiger partial charge >= 0.3 is 12.1 Å². The van der Waals surface area contributed by atoms with Crippen LogP contribution in [0.5, 0.6) is 5.75 Å². The van der Waals surface area contributed by atoms with E-state index in [1.165, 1.54) is 5.56 Å². The van der Waals surface area contributed by atoms with Crippen molar-refractivity contribution in [2.45, 2.75) is 58.7 Å². The van der Waals surface area contributed by atoms with Crippen LogP contribution in [0.2, 0.25) is 0 Å². The molecule has 0 aliphatic carbocycles. The summed E-state index contributed by atoms with van der Waals surface area (Å²) in [6.45, 7) is 9.94. The quantitative estimate of drug-likeness (QED) is 0.555. The molecule has 2 heterocycles.